The van der Waals surface area contributed by atoms with Gasteiger partial charge in [-0.05, 0) is 18.9 Å². The molecule has 1 aromatic heterocycles. The predicted molar refractivity (Wildman–Crippen MR) is 81.6 cm³/mol. The van der Waals surface area contributed by atoms with E-state index in [1.165, 1.54) is 23.6 Å². The van der Waals surface area contributed by atoms with Crippen molar-refractivity contribution in [1.29, 1.82) is 0 Å². The lowest BCUT2D eigenvalue weighted by Gasteiger charge is -2.28. The Morgan fingerprint density at radius 2 is 2.05 bits per heavy atom. The van der Waals surface area contributed by atoms with E-state index in [0.29, 0.717) is 13.1 Å². The number of aryl methyl sites for hydroxylation is 2. The number of hydrogen-bond acceptors (Lipinski definition) is 5. The highest BCUT2D eigenvalue weighted by Gasteiger charge is 2.32. The molecule has 0 aliphatic carbocycles. The Labute approximate surface area is 129 Å². The fraction of sp³-hybridized carbons (Fsp3) is 0.667. The van der Waals surface area contributed by atoms with Crippen molar-refractivity contribution in [3.05, 3.63) is 21.5 Å². The molecule has 0 aromatic carbocycles. The Bertz CT molecular complexity index is 541. The number of nitrogens with two attached hydrogens (primary N) is 1. The molecule has 0 saturated heterocycles. The third-order valence-electron chi connectivity index (χ3n) is 3.14. The van der Waals surface area contributed by atoms with Crippen LogP contribution in [0.2, 0.25) is 0 Å². The van der Waals surface area contributed by atoms with E-state index in [1.807, 2.05) is 13.8 Å². The maximum Gasteiger partial charge on any atom is 0.322 e. The number of hydrogen-bond donors (Lipinski definition) is 1. The summed E-state index contributed by atoms with van der Waals surface area (Å²) in [7, 11) is 3.13. The van der Waals surface area contributed by atoms with Gasteiger partial charge in [0.15, 0.2) is 0 Å². The average Bonchev–Trinajstić information content (AvgIpc) is 2.62. The molecule has 1 amide bonds. The number of rotatable bonds is 5. The first kappa shape index (κ1) is 19.3. The summed E-state index contributed by atoms with van der Waals surface area (Å²) in [5.74, 6) is -0.429. The van der Waals surface area contributed by atoms with E-state index in [0.717, 1.165) is 0 Å². The molecule has 2 N–H and O–H groups in total. The molecule has 0 atom stereocenters. The molecule has 0 radical (unpaired) electrons. The Kier molecular flexibility index (Phi) is 6.31. The van der Waals surface area contributed by atoms with Crippen molar-refractivity contribution in [2.45, 2.75) is 20.8 Å². The Balaban J connectivity index is 0.00000400. The highest BCUT2D eigenvalue weighted by molar-refractivity contribution is 5.96. The van der Waals surface area contributed by atoms with Crippen LogP contribution in [0.25, 0.3) is 0 Å². The molecule has 1 heterocycles. The number of nitrogens with zero attached hydrogens (tertiary/aromatic N) is 4. The van der Waals surface area contributed by atoms with Gasteiger partial charge in [-0.3, -0.25) is 19.6 Å². The molecule has 0 bridgehead atoms. The summed E-state index contributed by atoms with van der Waals surface area (Å²) < 4.78 is 1.25. The summed E-state index contributed by atoms with van der Waals surface area (Å²) >= 11 is 0. The van der Waals surface area contributed by atoms with Crippen molar-refractivity contribution in [3.8, 4) is 0 Å². The van der Waals surface area contributed by atoms with Gasteiger partial charge in [0.25, 0.3) is 5.91 Å². The van der Waals surface area contributed by atoms with E-state index < -0.39 is 10.8 Å². The summed E-state index contributed by atoms with van der Waals surface area (Å²) in [4.78, 5) is 24.4. The largest absolute Gasteiger partial charge is 0.340 e. The average molecular weight is 320 g/mol. The fourth-order valence-corrected chi connectivity index (χ4v) is 2.06. The van der Waals surface area contributed by atoms with Gasteiger partial charge in [-0.2, -0.15) is 5.10 Å². The zero-order valence-corrected chi connectivity index (χ0v) is 13.7. The van der Waals surface area contributed by atoms with Gasteiger partial charge in [0.1, 0.15) is 5.69 Å². The van der Waals surface area contributed by atoms with Gasteiger partial charge in [-0.15, -0.1) is 12.4 Å². The van der Waals surface area contributed by atoms with Gasteiger partial charge in [-0.25, -0.2) is 0 Å². The molecule has 9 heteroatoms. The summed E-state index contributed by atoms with van der Waals surface area (Å²) in [6.45, 7) is 6.19. The molecular formula is C12H22ClN5O3. The second-order valence-electron chi connectivity index (χ2n) is 5.69. The molecule has 8 nitrogen and oxygen atoms in total. The third kappa shape index (κ3) is 4.15. The van der Waals surface area contributed by atoms with Crippen LogP contribution in [0.3, 0.4) is 0 Å². The van der Waals surface area contributed by atoms with Gasteiger partial charge in [0.2, 0.25) is 5.69 Å². The molecule has 0 spiro atoms. The first-order valence-electron chi connectivity index (χ1n) is 6.24. The zero-order valence-electron chi connectivity index (χ0n) is 12.9. The number of nitro groups is 1. The van der Waals surface area contributed by atoms with Crippen molar-refractivity contribution in [2.24, 2.45) is 18.2 Å². The molecule has 21 heavy (non-hydrogen) atoms. The smallest absolute Gasteiger partial charge is 0.322 e. The van der Waals surface area contributed by atoms with Crippen molar-refractivity contribution < 1.29 is 9.72 Å². The van der Waals surface area contributed by atoms with Crippen LogP contribution in [0, 0.1) is 22.5 Å². The Hall–Kier alpha value is -1.67. The second-order valence-corrected chi connectivity index (χ2v) is 5.69. The quantitative estimate of drug-likeness (QED) is 0.646. The van der Waals surface area contributed by atoms with Crippen LogP contribution in [0.5, 0.6) is 0 Å². The van der Waals surface area contributed by atoms with Crippen LogP contribution in [0.4, 0.5) is 5.69 Å². The maximum atomic E-state index is 12.4. The second kappa shape index (κ2) is 6.86. The number of carbonyl (C=O) groups is 1. The molecule has 0 fully saturated rings. The van der Waals surface area contributed by atoms with Crippen LogP contribution in [-0.4, -0.2) is 45.6 Å². The van der Waals surface area contributed by atoms with E-state index in [1.54, 1.807) is 7.05 Å². The monoisotopic (exact) mass is 319 g/mol. The van der Waals surface area contributed by atoms with Crippen LogP contribution >= 0.6 is 12.4 Å². The topological polar surface area (TPSA) is 107 Å². The Morgan fingerprint density at radius 3 is 2.48 bits per heavy atom. The number of halogens is 1. The minimum atomic E-state index is -0.572. The normalized spacial score (nSPS) is 11.0. The number of carbonyl (C=O) groups excluding carboxylic acids is 1. The number of amides is 1. The highest BCUT2D eigenvalue weighted by atomic mass is 35.5. The predicted octanol–water partition coefficient (Wildman–Crippen LogP) is 1.12. The molecule has 0 aliphatic rings. The van der Waals surface area contributed by atoms with Crippen LogP contribution in [-0.2, 0) is 7.05 Å². The van der Waals surface area contributed by atoms with Gasteiger partial charge in [-0.1, -0.05) is 13.8 Å². The standard InChI is InChI=1S/C12H21N5O3.ClH/c1-8-9(17(19)20)10(16(5)14-8)11(18)15(4)7-12(2,3)6-13;/h6-7,13H2,1-5H3;1H. The van der Waals surface area contributed by atoms with Gasteiger partial charge in [0, 0.05) is 20.6 Å². The van der Waals surface area contributed by atoms with Crippen LogP contribution in [0.1, 0.15) is 30.0 Å². The molecule has 120 valence electrons. The van der Waals surface area contributed by atoms with Crippen LogP contribution < -0.4 is 5.73 Å². The molecule has 0 saturated carbocycles. The van der Waals surface area contributed by atoms with Crippen LogP contribution in [0.15, 0.2) is 0 Å². The van der Waals surface area contributed by atoms with Crippen molar-refractivity contribution in [2.75, 3.05) is 20.1 Å². The van der Waals surface area contributed by atoms with E-state index >= 15 is 0 Å². The van der Waals surface area contributed by atoms with Crippen molar-refractivity contribution in [3.63, 3.8) is 0 Å². The summed E-state index contributed by atoms with van der Waals surface area (Å²) in [6, 6.07) is 0. The summed E-state index contributed by atoms with van der Waals surface area (Å²) in [5, 5.41) is 15.0. The highest BCUT2D eigenvalue weighted by Crippen LogP contribution is 2.24. The first-order valence-corrected chi connectivity index (χ1v) is 6.24. The minimum Gasteiger partial charge on any atom is -0.340 e. The molecule has 1 aromatic rings. The van der Waals surface area contributed by atoms with Gasteiger partial charge < -0.3 is 10.6 Å². The third-order valence-corrected chi connectivity index (χ3v) is 3.14. The molecule has 0 unspecified atom stereocenters. The molecule has 0 aliphatic heterocycles. The fourth-order valence-electron chi connectivity index (χ4n) is 2.06. The van der Waals surface area contributed by atoms with E-state index in [4.69, 9.17) is 5.73 Å². The summed E-state index contributed by atoms with van der Waals surface area (Å²) in [6.07, 6.45) is 0. The van der Waals surface area contributed by atoms with E-state index in [2.05, 4.69) is 5.10 Å². The molecule has 1 rings (SSSR count). The lowest BCUT2D eigenvalue weighted by molar-refractivity contribution is -0.385. The van der Waals surface area contributed by atoms with E-state index in [9.17, 15) is 14.9 Å². The Morgan fingerprint density at radius 1 is 1.52 bits per heavy atom. The molecular weight excluding hydrogens is 298 g/mol. The number of aromatic nitrogens is 2. The first-order chi connectivity index (χ1) is 9.10. The lowest BCUT2D eigenvalue weighted by atomic mass is 9.93. The maximum absolute atomic E-state index is 12.4. The SMILES string of the molecule is Cc1nn(C)c(C(=O)N(C)CC(C)(C)CN)c1[N+](=O)[O-].Cl. The van der Waals surface area contributed by atoms with Gasteiger partial charge >= 0.3 is 5.69 Å². The summed E-state index contributed by atoms with van der Waals surface area (Å²) in [5.41, 5.74) is 5.36. The zero-order chi connectivity index (χ0) is 15.7. The van der Waals surface area contributed by atoms with Gasteiger partial charge in [0.05, 0.1) is 4.92 Å². The van der Waals surface area contributed by atoms with Crippen molar-refractivity contribution >= 4 is 24.0 Å². The van der Waals surface area contributed by atoms with Crippen molar-refractivity contribution in [1.82, 2.24) is 14.7 Å². The minimum absolute atomic E-state index is 0. The lowest BCUT2D eigenvalue weighted by Crippen LogP contribution is -2.40. The van der Waals surface area contributed by atoms with E-state index in [-0.39, 0.29) is 34.9 Å².